The van der Waals surface area contributed by atoms with Gasteiger partial charge in [-0.3, -0.25) is 14.8 Å². The highest BCUT2D eigenvalue weighted by Gasteiger charge is 2.14. The van der Waals surface area contributed by atoms with E-state index in [-0.39, 0.29) is 15.7 Å². The highest BCUT2D eigenvalue weighted by molar-refractivity contribution is 6.39. The minimum absolute atomic E-state index is 0.142. The van der Waals surface area contributed by atoms with Crippen LogP contribution in [-0.2, 0) is 13.5 Å². The van der Waals surface area contributed by atoms with E-state index in [0.29, 0.717) is 24.5 Å². The minimum atomic E-state index is -0.542. The third-order valence-corrected chi connectivity index (χ3v) is 3.13. The number of non-ortho nitro benzene ring substituents is 1. The standard InChI is InChI=1S/C11H11Cl2N5O2/c1-17-6-15-10(16-17)2-3-14-11-8(12)4-7(18(19)20)5-9(11)13/h4-6,14H,2-3H2,1H3. The van der Waals surface area contributed by atoms with Crippen LogP contribution in [0.25, 0.3) is 0 Å². The van der Waals surface area contributed by atoms with Gasteiger partial charge in [-0.05, 0) is 0 Å². The maximum absolute atomic E-state index is 10.7. The number of anilines is 1. The first-order chi connectivity index (χ1) is 9.47. The number of halogens is 2. The average Bonchev–Trinajstić information content (AvgIpc) is 2.78. The Hall–Kier alpha value is -1.86. The van der Waals surface area contributed by atoms with Crippen LogP contribution in [-0.4, -0.2) is 26.2 Å². The number of hydrogen-bond acceptors (Lipinski definition) is 5. The summed E-state index contributed by atoms with van der Waals surface area (Å²) in [5.74, 6) is 0.689. The smallest absolute Gasteiger partial charge is 0.272 e. The van der Waals surface area contributed by atoms with Gasteiger partial charge in [0, 0.05) is 32.1 Å². The first-order valence-corrected chi connectivity index (χ1v) is 6.45. The van der Waals surface area contributed by atoms with Crippen LogP contribution in [0.15, 0.2) is 18.5 Å². The van der Waals surface area contributed by atoms with E-state index in [1.54, 1.807) is 18.1 Å². The molecule has 20 heavy (non-hydrogen) atoms. The maximum atomic E-state index is 10.7. The lowest BCUT2D eigenvalue weighted by Crippen LogP contribution is -2.07. The number of aromatic nitrogens is 3. The molecule has 0 aliphatic rings. The van der Waals surface area contributed by atoms with Crippen molar-refractivity contribution in [2.24, 2.45) is 7.05 Å². The van der Waals surface area contributed by atoms with E-state index < -0.39 is 4.92 Å². The van der Waals surface area contributed by atoms with Gasteiger partial charge in [0.15, 0.2) is 5.82 Å². The van der Waals surface area contributed by atoms with Crippen LogP contribution in [0.4, 0.5) is 11.4 Å². The zero-order chi connectivity index (χ0) is 14.7. The molecule has 9 heteroatoms. The lowest BCUT2D eigenvalue weighted by Gasteiger charge is -2.09. The van der Waals surface area contributed by atoms with Crippen molar-refractivity contribution in [1.82, 2.24) is 14.8 Å². The fourth-order valence-electron chi connectivity index (χ4n) is 1.63. The Morgan fingerprint density at radius 2 is 2.05 bits per heavy atom. The largest absolute Gasteiger partial charge is 0.382 e. The Morgan fingerprint density at radius 1 is 1.40 bits per heavy atom. The Morgan fingerprint density at radius 3 is 2.55 bits per heavy atom. The van der Waals surface area contributed by atoms with Gasteiger partial charge in [0.25, 0.3) is 5.69 Å². The number of nitro groups is 1. The number of aryl methyl sites for hydroxylation is 1. The molecule has 0 saturated carbocycles. The van der Waals surface area contributed by atoms with Crippen molar-refractivity contribution in [3.05, 3.63) is 44.4 Å². The molecule has 1 aromatic heterocycles. The van der Waals surface area contributed by atoms with Gasteiger partial charge in [0.2, 0.25) is 0 Å². The molecule has 0 amide bonds. The van der Waals surface area contributed by atoms with Gasteiger partial charge in [-0.25, -0.2) is 4.98 Å². The second-order valence-electron chi connectivity index (χ2n) is 4.05. The van der Waals surface area contributed by atoms with Gasteiger partial charge in [-0.1, -0.05) is 23.2 Å². The molecule has 0 saturated heterocycles. The zero-order valence-electron chi connectivity index (χ0n) is 10.5. The topological polar surface area (TPSA) is 85.9 Å². The highest BCUT2D eigenvalue weighted by atomic mass is 35.5. The van der Waals surface area contributed by atoms with Crippen LogP contribution in [0, 0.1) is 10.1 Å². The van der Waals surface area contributed by atoms with E-state index in [1.165, 1.54) is 12.1 Å². The van der Waals surface area contributed by atoms with Crippen molar-refractivity contribution in [1.29, 1.82) is 0 Å². The Balaban J connectivity index is 2.04. The van der Waals surface area contributed by atoms with Crippen LogP contribution < -0.4 is 5.32 Å². The lowest BCUT2D eigenvalue weighted by molar-refractivity contribution is -0.384. The van der Waals surface area contributed by atoms with Gasteiger partial charge in [0.1, 0.15) is 6.33 Å². The summed E-state index contributed by atoms with van der Waals surface area (Å²) in [5, 5.41) is 18.2. The number of nitrogens with zero attached hydrogens (tertiary/aromatic N) is 4. The van der Waals surface area contributed by atoms with E-state index in [1.807, 2.05) is 0 Å². The molecule has 0 atom stereocenters. The van der Waals surface area contributed by atoms with Crippen molar-refractivity contribution >= 4 is 34.6 Å². The molecule has 0 unspecified atom stereocenters. The number of nitro benzene ring substituents is 1. The first-order valence-electron chi connectivity index (χ1n) is 5.69. The molecule has 0 radical (unpaired) electrons. The summed E-state index contributed by atoms with van der Waals surface area (Å²) >= 11 is 12.0. The van der Waals surface area contributed by atoms with Crippen LogP contribution in [0.5, 0.6) is 0 Å². The fourth-order valence-corrected chi connectivity index (χ4v) is 2.24. The molecule has 1 heterocycles. The number of hydrogen-bond donors (Lipinski definition) is 1. The number of benzene rings is 1. The summed E-state index contributed by atoms with van der Waals surface area (Å²) in [7, 11) is 1.79. The molecule has 2 aromatic rings. The monoisotopic (exact) mass is 315 g/mol. The predicted molar refractivity (Wildman–Crippen MR) is 76.3 cm³/mol. The van der Waals surface area contributed by atoms with E-state index in [0.717, 1.165) is 0 Å². The van der Waals surface area contributed by atoms with Crippen molar-refractivity contribution in [2.45, 2.75) is 6.42 Å². The minimum Gasteiger partial charge on any atom is -0.382 e. The summed E-state index contributed by atoms with van der Waals surface area (Å²) in [6.45, 7) is 0.515. The molecular formula is C11H11Cl2N5O2. The second-order valence-corrected chi connectivity index (χ2v) is 4.87. The molecule has 0 fully saturated rings. The van der Waals surface area contributed by atoms with E-state index in [4.69, 9.17) is 23.2 Å². The van der Waals surface area contributed by atoms with E-state index in [2.05, 4.69) is 15.4 Å². The molecule has 0 aliphatic heterocycles. The van der Waals surface area contributed by atoms with Crippen LogP contribution >= 0.6 is 23.2 Å². The average molecular weight is 316 g/mol. The number of rotatable bonds is 5. The Bertz CT molecular complexity index is 620. The Kier molecular flexibility index (Phi) is 4.41. The van der Waals surface area contributed by atoms with E-state index >= 15 is 0 Å². The van der Waals surface area contributed by atoms with Crippen LogP contribution in [0.3, 0.4) is 0 Å². The molecule has 1 N–H and O–H groups in total. The Labute approximate surface area is 124 Å². The van der Waals surface area contributed by atoms with Crippen LogP contribution in [0.1, 0.15) is 5.82 Å². The van der Waals surface area contributed by atoms with Crippen molar-refractivity contribution in [2.75, 3.05) is 11.9 Å². The molecule has 106 valence electrons. The van der Waals surface area contributed by atoms with Crippen molar-refractivity contribution < 1.29 is 4.92 Å². The van der Waals surface area contributed by atoms with Gasteiger partial charge in [0.05, 0.1) is 20.7 Å². The summed E-state index contributed by atoms with van der Waals surface area (Å²) in [6, 6.07) is 2.52. The van der Waals surface area contributed by atoms with E-state index in [9.17, 15) is 10.1 Å². The summed E-state index contributed by atoms with van der Waals surface area (Å²) in [4.78, 5) is 14.2. The fraction of sp³-hybridized carbons (Fsp3) is 0.273. The van der Waals surface area contributed by atoms with Crippen molar-refractivity contribution in [3.63, 3.8) is 0 Å². The predicted octanol–water partition coefficient (Wildman–Crippen LogP) is 2.68. The summed E-state index contributed by atoms with van der Waals surface area (Å²) in [5.41, 5.74) is 0.326. The van der Waals surface area contributed by atoms with Gasteiger partial charge in [-0.2, -0.15) is 5.10 Å². The molecule has 0 bridgehead atoms. The van der Waals surface area contributed by atoms with Gasteiger partial charge in [-0.15, -0.1) is 0 Å². The molecule has 2 rings (SSSR count). The van der Waals surface area contributed by atoms with Crippen LogP contribution in [0.2, 0.25) is 10.0 Å². The quantitative estimate of drug-likeness (QED) is 0.677. The second kappa shape index (κ2) is 6.06. The number of nitrogens with one attached hydrogen (secondary N) is 1. The highest BCUT2D eigenvalue weighted by Crippen LogP contribution is 2.34. The molecule has 0 aliphatic carbocycles. The molecule has 0 spiro atoms. The van der Waals surface area contributed by atoms with Crippen molar-refractivity contribution in [3.8, 4) is 0 Å². The zero-order valence-corrected chi connectivity index (χ0v) is 12.0. The third-order valence-electron chi connectivity index (χ3n) is 2.54. The lowest BCUT2D eigenvalue weighted by atomic mass is 10.2. The molecule has 1 aromatic carbocycles. The SMILES string of the molecule is Cn1cnc(CCNc2c(Cl)cc([N+](=O)[O-])cc2Cl)n1. The normalized spacial score (nSPS) is 10.6. The summed E-state index contributed by atoms with van der Waals surface area (Å²) in [6.07, 6.45) is 2.20. The molecule has 7 nitrogen and oxygen atoms in total. The maximum Gasteiger partial charge on any atom is 0.272 e. The van der Waals surface area contributed by atoms with Gasteiger partial charge >= 0.3 is 0 Å². The first kappa shape index (κ1) is 14.5. The summed E-state index contributed by atoms with van der Waals surface area (Å²) < 4.78 is 1.61. The third kappa shape index (κ3) is 3.37. The van der Waals surface area contributed by atoms with Gasteiger partial charge < -0.3 is 5.32 Å². The molecular weight excluding hydrogens is 305 g/mol.